The first-order chi connectivity index (χ1) is 8.07. The molecule has 0 saturated carbocycles. The Morgan fingerprint density at radius 3 is 2.65 bits per heavy atom. The number of hydrogen-bond donors (Lipinski definition) is 1. The molecule has 2 heterocycles. The highest BCUT2D eigenvalue weighted by molar-refractivity contribution is 8.15. The van der Waals surface area contributed by atoms with Gasteiger partial charge in [-0.15, -0.1) is 0 Å². The minimum absolute atomic E-state index is 0.0210. The van der Waals surface area contributed by atoms with Crippen LogP contribution >= 0.6 is 11.8 Å². The number of fused-ring (bicyclic) bond motifs is 1. The number of nitrogens with one attached hydrogen (secondary N) is 1. The third kappa shape index (κ3) is 1.85. The predicted molar refractivity (Wildman–Crippen MR) is 70.5 cm³/mol. The Balaban J connectivity index is 1.98. The molecule has 1 N–H and O–H groups in total. The number of nitrogens with zero attached hydrogens (tertiary/aromatic N) is 1. The summed E-state index contributed by atoms with van der Waals surface area (Å²) in [6.07, 6.45) is 0. The van der Waals surface area contributed by atoms with Crippen LogP contribution in [0.15, 0.2) is 30.3 Å². The van der Waals surface area contributed by atoms with Crippen LogP contribution in [0.25, 0.3) is 0 Å². The van der Waals surface area contributed by atoms with Gasteiger partial charge in [-0.3, -0.25) is 5.41 Å². The van der Waals surface area contributed by atoms with Gasteiger partial charge >= 0.3 is 0 Å². The number of hydrogen-bond acceptors (Lipinski definition) is 4. The molecule has 90 valence electrons. The standard InChI is InChI=1S/C11H12N2O2S2/c12-11-13(8-4-2-1-3-5-8)9-6-17(14,15)7-10(9)16-11/h1-5,9-10,12H,6-7H2/t9-,10-/m0/s1. The molecule has 2 aliphatic rings. The molecule has 2 atom stereocenters. The van der Waals surface area contributed by atoms with Gasteiger partial charge in [0.2, 0.25) is 0 Å². The number of sulfone groups is 1. The molecule has 1 aromatic carbocycles. The van der Waals surface area contributed by atoms with Crippen molar-refractivity contribution in [2.75, 3.05) is 16.4 Å². The van der Waals surface area contributed by atoms with Gasteiger partial charge in [-0.1, -0.05) is 30.0 Å². The molecule has 0 spiro atoms. The van der Waals surface area contributed by atoms with Crippen molar-refractivity contribution < 1.29 is 8.42 Å². The van der Waals surface area contributed by atoms with Crippen LogP contribution in [0.2, 0.25) is 0 Å². The fourth-order valence-corrected chi connectivity index (χ4v) is 6.19. The number of anilines is 1. The average molecular weight is 268 g/mol. The molecule has 6 heteroatoms. The zero-order valence-electron chi connectivity index (χ0n) is 9.04. The van der Waals surface area contributed by atoms with E-state index in [9.17, 15) is 8.42 Å². The van der Waals surface area contributed by atoms with Gasteiger partial charge in [-0.05, 0) is 12.1 Å². The maximum Gasteiger partial charge on any atom is 0.161 e. The van der Waals surface area contributed by atoms with Crippen molar-refractivity contribution in [3.63, 3.8) is 0 Å². The molecule has 0 aromatic heterocycles. The minimum Gasteiger partial charge on any atom is -0.316 e. The van der Waals surface area contributed by atoms with Gasteiger partial charge in [0, 0.05) is 10.9 Å². The van der Waals surface area contributed by atoms with E-state index in [0.717, 1.165) is 5.69 Å². The van der Waals surface area contributed by atoms with Gasteiger partial charge in [-0.2, -0.15) is 0 Å². The molecule has 1 aromatic rings. The third-order valence-corrected chi connectivity index (χ3v) is 6.25. The highest BCUT2D eigenvalue weighted by Crippen LogP contribution is 2.39. The van der Waals surface area contributed by atoms with Crippen molar-refractivity contribution in [3.8, 4) is 0 Å². The van der Waals surface area contributed by atoms with Crippen LogP contribution in [0.5, 0.6) is 0 Å². The molecule has 4 nitrogen and oxygen atoms in total. The first-order valence-electron chi connectivity index (χ1n) is 5.37. The van der Waals surface area contributed by atoms with Gasteiger partial charge in [0.1, 0.15) is 0 Å². The number of para-hydroxylation sites is 1. The molecule has 0 radical (unpaired) electrons. The van der Waals surface area contributed by atoms with Crippen LogP contribution in [-0.2, 0) is 9.84 Å². The summed E-state index contributed by atoms with van der Waals surface area (Å²) >= 11 is 1.37. The lowest BCUT2D eigenvalue weighted by Crippen LogP contribution is -2.37. The van der Waals surface area contributed by atoms with E-state index in [0.29, 0.717) is 5.17 Å². The lowest BCUT2D eigenvalue weighted by atomic mass is 10.2. The summed E-state index contributed by atoms with van der Waals surface area (Å²) in [4.78, 5) is 1.85. The lowest BCUT2D eigenvalue weighted by molar-refractivity contribution is 0.601. The van der Waals surface area contributed by atoms with E-state index in [4.69, 9.17) is 5.41 Å². The number of rotatable bonds is 1. The molecule has 2 saturated heterocycles. The van der Waals surface area contributed by atoms with Crippen LogP contribution in [-0.4, -0.2) is 36.4 Å². The van der Waals surface area contributed by atoms with Gasteiger partial charge in [0.25, 0.3) is 0 Å². The van der Waals surface area contributed by atoms with Gasteiger partial charge in [-0.25, -0.2) is 8.42 Å². The van der Waals surface area contributed by atoms with Crippen molar-refractivity contribution in [1.29, 1.82) is 5.41 Å². The van der Waals surface area contributed by atoms with Crippen molar-refractivity contribution in [2.45, 2.75) is 11.3 Å². The third-order valence-electron chi connectivity index (χ3n) is 3.12. The zero-order valence-corrected chi connectivity index (χ0v) is 10.7. The Kier molecular flexibility index (Phi) is 2.45. The summed E-state index contributed by atoms with van der Waals surface area (Å²) in [5.74, 6) is 0.371. The minimum atomic E-state index is -2.93. The van der Waals surface area contributed by atoms with E-state index in [2.05, 4.69) is 0 Å². The lowest BCUT2D eigenvalue weighted by Gasteiger charge is -2.23. The molecule has 3 rings (SSSR count). The maximum absolute atomic E-state index is 11.6. The van der Waals surface area contributed by atoms with E-state index in [1.807, 2.05) is 35.2 Å². The van der Waals surface area contributed by atoms with Crippen LogP contribution in [0.4, 0.5) is 5.69 Å². The van der Waals surface area contributed by atoms with Gasteiger partial charge in [0.05, 0.1) is 17.5 Å². The molecule has 2 fully saturated rings. The first-order valence-corrected chi connectivity index (χ1v) is 8.07. The summed E-state index contributed by atoms with van der Waals surface area (Å²) in [7, 11) is -2.93. The molecular formula is C11H12N2O2S2. The van der Waals surface area contributed by atoms with E-state index < -0.39 is 9.84 Å². The van der Waals surface area contributed by atoms with Crippen molar-refractivity contribution >= 4 is 32.5 Å². The Hall–Kier alpha value is -1.01. The maximum atomic E-state index is 11.6. The van der Waals surface area contributed by atoms with Gasteiger partial charge < -0.3 is 4.90 Å². The summed E-state index contributed by atoms with van der Waals surface area (Å²) < 4.78 is 23.2. The number of amidine groups is 1. The Bertz CT molecular complexity index is 556. The van der Waals surface area contributed by atoms with E-state index in [1.165, 1.54) is 11.8 Å². The largest absolute Gasteiger partial charge is 0.316 e. The molecule has 2 aliphatic heterocycles. The number of benzene rings is 1. The molecular weight excluding hydrogens is 256 g/mol. The number of thioether (sulfide) groups is 1. The Morgan fingerprint density at radius 2 is 1.94 bits per heavy atom. The second-order valence-electron chi connectivity index (χ2n) is 4.31. The van der Waals surface area contributed by atoms with Crippen LogP contribution in [0.1, 0.15) is 0 Å². The highest BCUT2D eigenvalue weighted by Gasteiger charge is 2.48. The van der Waals surface area contributed by atoms with Crippen LogP contribution < -0.4 is 4.90 Å². The average Bonchev–Trinajstić information content (AvgIpc) is 2.69. The zero-order chi connectivity index (χ0) is 12.0. The Morgan fingerprint density at radius 1 is 1.24 bits per heavy atom. The van der Waals surface area contributed by atoms with Gasteiger partial charge in [0.15, 0.2) is 15.0 Å². The summed E-state index contributed by atoms with van der Waals surface area (Å²) in [5, 5.41) is 8.45. The van der Waals surface area contributed by atoms with E-state index >= 15 is 0 Å². The SMILES string of the molecule is N=C1S[C@H]2CS(=O)(=O)C[C@@H]2N1c1ccccc1. The van der Waals surface area contributed by atoms with E-state index in [1.54, 1.807) is 0 Å². The van der Waals surface area contributed by atoms with Crippen LogP contribution in [0.3, 0.4) is 0 Å². The van der Waals surface area contributed by atoms with Crippen molar-refractivity contribution in [2.24, 2.45) is 0 Å². The predicted octanol–water partition coefficient (Wildman–Crippen LogP) is 1.34. The molecule has 17 heavy (non-hydrogen) atoms. The summed E-state index contributed by atoms with van der Waals surface area (Å²) in [5.41, 5.74) is 0.912. The first kappa shape index (κ1) is 11.1. The normalized spacial score (nSPS) is 30.6. The molecule has 0 amide bonds. The summed E-state index contributed by atoms with van der Waals surface area (Å²) in [6.45, 7) is 0. The molecule has 0 aliphatic carbocycles. The molecule has 0 bridgehead atoms. The fraction of sp³-hybridized carbons (Fsp3) is 0.364. The highest BCUT2D eigenvalue weighted by atomic mass is 32.2. The van der Waals surface area contributed by atoms with Crippen molar-refractivity contribution in [3.05, 3.63) is 30.3 Å². The topological polar surface area (TPSA) is 61.2 Å². The smallest absolute Gasteiger partial charge is 0.161 e. The van der Waals surface area contributed by atoms with Crippen molar-refractivity contribution in [1.82, 2.24) is 0 Å². The second-order valence-corrected chi connectivity index (χ2v) is 7.69. The summed E-state index contributed by atoms with van der Waals surface area (Å²) in [6, 6.07) is 9.50. The quantitative estimate of drug-likeness (QED) is 0.835. The Labute approximate surface area is 104 Å². The monoisotopic (exact) mass is 268 g/mol. The van der Waals surface area contributed by atoms with E-state index in [-0.39, 0.29) is 22.8 Å². The fourth-order valence-electron chi connectivity index (χ4n) is 2.40. The van der Waals surface area contributed by atoms with Crippen LogP contribution in [0, 0.1) is 5.41 Å². The second kappa shape index (κ2) is 3.74. The molecule has 0 unspecified atom stereocenters.